The minimum absolute atomic E-state index is 0.141. The molecule has 1 aromatic rings. The van der Waals surface area contributed by atoms with E-state index in [9.17, 15) is 4.79 Å². The SMILES string of the molecule is C=C/C(=C\C(C=NC)=C(\N)C(C)CC)c1ccc(C2CC2(CCC)C(=O)C(C)CC)cc1. The molecule has 1 aromatic carbocycles. The topological polar surface area (TPSA) is 55.4 Å². The largest absolute Gasteiger partial charge is 0.401 e. The Balaban J connectivity index is 2.34. The number of benzene rings is 1. The molecule has 0 heterocycles. The fourth-order valence-corrected chi connectivity index (χ4v) is 4.71. The van der Waals surface area contributed by atoms with Crippen LogP contribution in [-0.4, -0.2) is 19.0 Å². The Kier molecular flexibility index (Phi) is 9.24. The fourth-order valence-electron chi connectivity index (χ4n) is 4.71. The van der Waals surface area contributed by atoms with Gasteiger partial charge in [0.05, 0.1) is 0 Å². The molecule has 0 spiro atoms. The molecule has 1 fully saturated rings. The average Bonchev–Trinajstić information content (AvgIpc) is 3.55. The lowest BCUT2D eigenvalue weighted by Gasteiger charge is -2.20. The molecule has 1 aliphatic carbocycles. The predicted molar refractivity (Wildman–Crippen MR) is 139 cm³/mol. The Morgan fingerprint density at radius 1 is 1.19 bits per heavy atom. The van der Waals surface area contributed by atoms with Crippen LogP contribution in [0.2, 0.25) is 0 Å². The van der Waals surface area contributed by atoms with Crippen LogP contribution in [0.25, 0.3) is 5.57 Å². The summed E-state index contributed by atoms with van der Waals surface area (Å²) >= 11 is 0. The molecule has 32 heavy (non-hydrogen) atoms. The number of nitrogens with two attached hydrogens (primary N) is 1. The minimum atomic E-state index is -0.152. The monoisotopic (exact) mass is 434 g/mol. The summed E-state index contributed by atoms with van der Waals surface area (Å²) in [5.41, 5.74) is 11.4. The summed E-state index contributed by atoms with van der Waals surface area (Å²) in [5.74, 6) is 1.23. The van der Waals surface area contributed by atoms with E-state index in [2.05, 4.69) is 76.5 Å². The van der Waals surface area contributed by atoms with E-state index in [1.165, 1.54) is 5.56 Å². The highest BCUT2D eigenvalue weighted by molar-refractivity contribution is 5.91. The summed E-state index contributed by atoms with van der Waals surface area (Å²) in [7, 11) is 1.76. The van der Waals surface area contributed by atoms with Gasteiger partial charge in [-0.3, -0.25) is 9.79 Å². The van der Waals surface area contributed by atoms with Crippen LogP contribution in [0.3, 0.4) is 0 Å². The standard InChI is InChI=1S/C29H42N2O/c1-8-16-29(28(32)21(6)10-3)18-26(29)24-14-12-23(13-15-24)22(11-4)17-25(19-31-7)27(30)20(5)9-2/h11-15,17,19-21,26H,4,8-10,16,18,30H2,1-3,5-7H3/b22-17+,27-25-,31-19?. The maximum atomic E-state index is 13.1. The molecular formula is C29H42N2O. The molecule has 0 aromatic heterocycles. The van der Waals surface area contributed by atoms with E-state index in [1.54, 1.807) is 7.05 Å². The van der Waals surface area contributed by atoms with Crippen LogP contribution in [0.4, 0.5) is 0 Å². The van der Waals surface area contributed by atoms with Gasteiger partial charge in [-0.25, -0.2) is 0 Å². The van der Waals surface area contributed by atoms with E-state index < -0.39 is 0 Å². The first-order chi connectivity index (χ1) is 15.3. The fraction of sp³-hybridized carbons (Fsp3) is 0.517. The Labute approximate surface area is 195 Å². The maximum absolute atomic E-state index is 13.1. The van der Waals surface area contributed by atoms with E-state index in [0.717, 1.165) is 54.5 Å². The van der Waals surface area contributed by atoms with Gasteiger partial charge in [0.25, 0.3) is 0 Å². The van der Waals surface area contributed by atoms with E-state index in [0.29, 0.717) is 11.7 Å². The molecule has 1 aliphatic rings. The van der Waals surface area contributed by atoms with Crippen molar-refractivity contribution in [3.8, 4) is 0 Å². The van der Waals surface area contributed by atoms with Gasteiger partial charge in [-0.15, -0.1) is 0 Å². The zero-order valence-electron chi connectivity index (χ0n) is 20.9. The minimum Gasteiger partial charge on any atom is -0.401 e. The average molecular weight is 435 g/mol. The summed E-state index contributed by atoms with van der Waals surface area (Å²) in [6.45, 7) is 14.7. The number of allylic oxidation sites excluding steroid dienone is 5. The normalized spacial score (nSPS) is 23.6. The highest BCUT2D eigenvalue weighted by atomic mass is 16.1. The first kappa shape index (κ1) is 25.8. The number of Topliss-reactive ketones (excluding diaryl/α,β-unsaturated/α-hetero) is 1. The molecule has 2 rings (SSSR count). The van der Waals surface area contributed by atoms with Crippen molar-refractivity contribution >= 4 is 17.6 Å². The number of carbonyl (C=O) groups excluding carboxylic acids is 1. The van der Waals surface area contributed by atoms with Crippen LogP contribution < -0.4 is 5.73 Å². The second kappa shape index (κ2) is 11.4. The van der Waals surface area contributed by atoms with Crippen molar-refractivity contribution in [2.24, 2.45) is 28.0 Å². The molecule has 2 N–H and O–H groups in total. The van der Waals surface area contributed by atoms with E-state index in [4.69, 9.17) is 5.73 Å². The number of hydrogen-bond acceptors (Lipinski definition) is 3. The zero-order valence-corrected chi connectivity index (χ0v) is 20.9. The number of rotatable bonds is 12. The number of aliphatic imine (C=N–C) groups is 1. The van der Waals surface area contributed by atoms with E-state index in [1.807, 2.05) is 12.3 Å². The van der Waals surface area contributed by atoms with Gasteiger partial charge >= 0.3 is 0 Å². The number of ketones is 1. The van der Waals surface area contributed by atoms with E-state index >= 15 is 0 Å². The Morgan fingerprint density at radius 2 is 1.81 bits per heavy atom. The second-order valence-corrected chi connectivity index (χ2v) is 9.37. The number of hydrogen-bond donors (Lipinski definition) is 1. The Morgan fingerprint density at radius 3 is 2.31 bits per heavy atom. The van der Waals surface area contributed by atoms with Gasteiger partial charge in [-0.05, 0) is 60.3 Å². The molecular weight excluding hydrogens is 392 g/mol. The molecule has 0 bridgehead atoms. The number of carbonyl (C=O) groups is 1. The number of nitrogens with zero attached hydrogens (tertiary/aromatic N) is 1. The van der Waals surface area contributed by atoms with Crippen molar-refractivity contribution < 1.29 is 4.79 Å². The zero-order chi connectivity index (χ0) is 23.9. The Hall–Kier alpha value is -2.42. The summed E-state index contributed by atoms with van der Waals surface area (Å²) in [6.07, 6.45) is 10.7. The van der Waals surface area contributed by atoms with Crippen molar-refractivity contribution in [3.63, 3.8) is 0 Å². The molecule has 3 nitrogen and oxygen atoms in total. The molecule has 0 saturated heterocycles. The first-order valence-corrected chi connectivity index (χ1v) is 12.2. The first-order valence-electron chi connectivity index (χ1n) is 12.2. The molecule has 0 amide bonds. The highest BCUT2D eigenvalue weighted by Gasteiger charge is 2.59. The molecule has 0 aliphatic heterocycles. The van der Waals surface area contributed by atoms with Crippen LogP contribution in [0.1, 0.15) is 83.8 Å². The summed E-state index contributed by atoms with van der Waals surface area (Å²) in [5, 5.41) is 0. The van der Waals surface area contributed by atoms with Crippen LogP contribution in [0, 0.1) is 17.3 Å². The van der Waals surface area contributed by atoms with Crippen molar-refractivity contribution in [2.45, 2.75) is 72.6 Å². The van der Waals surface area contributed by atoms with Gasteiger partial charge in [-0.1, -0.05) is 78.0 Å². The third-order valence-electron chi connectivity index (χ3n) is 7.24. The molecule has 4 atom stereocenters. The van der Waals surface area contributed by atoms with Crippen molar-refractivity contribution in [3.05, 3.63) is 65.4 Å². The predicted octanol–water partition coefficient (Wildman–Crippen LogP) is 7.10. The molecule has 174 valence electrons. The van der Waals surface area contributed by atoms with Gasteiger partial charge in [0.2, 0.25) is 0 Å². The van der Waals surface area contributed by atoms with Gasteiger partial charge in [0.1, 0.15) is 5.78 Å². The third-order valence-corrected chi connectivity index (χ3v) is 7.24. The summed E-state index contributed by atoms with van der Waals surface area (Å²) in [4.78, 5) is 17.3. The van der Waals surface area contributed by atoms with Gasteiger partial charge in [0.15, 0.2) is 0 Å². The van der Waals surface area contributed by atoms with Crippen molar-refractivity contribution in [1.29, 1.82) is 0 Å². The van der Waals surface area contributed by atoms with Crippen LogP contribution in [0.15, 0.2) is 59.3 Å². The van der Waals surface area contributed by atoms with Gasteiger partial charge in [-0.2, -0.15) is 0 Å². The lowest BCUT2D eigenvalue weighted by molar-refractivity contribution is -0.128. The van der Waals surface area contributed by atoms with Crippen molar-refractivity contribution in [1.82, 2.24) is 0 Å². The van der Waals surface area contributed by atoms with Crippen LogP contribution in [0.5, 0.6) is 0 Å². The van der Waals surface area contributed by atoms with Crippen LogP contribution in [-0.2, 0) is 4.79 Å². The molecule has 3 heteroatoms. The summed E-state index contributed by atoms with van der Waals surface area (Å²) < 4.78 is 0. The maximum Gasteiger partial charge on any atom is 0.142 e. The van der Waals surface area contributed by atoms with Crippen molar-refractivity contribution in [2.75, 3.05) is 7.05 Å². The van der Waals surface area contributed by atoms with Crippen LogP contribution >= 0.6 is 0 Å². The van der Waals surface area contributed by atoms with E-state index in [-0.39, 0.29) is 17.3 Å². The molecule has 1 saturated carbocycles. The third kappa shape index (κ3) is 5.49. The Bertz CT molecular complexity index is 890. The molecule has 0 radical (unpaired) electrons. The van der Waals surface area contributed by atoms with Gasteiger partial charge < -0.3 is 5.73 Å². The summed E-state index contributed by atoms with van der Waals surface area (Å²) in [6, 6.07) is 8.67. The highest BCUT2D eigenvalue weighted by Crippen LogP contribution is 2.63. The second-order valence-electron chi connectivity index (χ2n) is 9.37. The lowest BCUT2D eigenvalue weighted by Crippen LogP contribution is -2.24. The smallest absolute Gasteiger partial charge is 0.142 e. The van der Waals surface area contributed by atoms with Gasteiger partial charge in [0, 0.05) is 35.9 Å². The molecule has 4 unspecified atom stereocenters. The quantitative estimate of drug-likeness (QED) is 0.282. The lowest BCUT2D eigenvalue weighted by atomic mass is 9.83.